The highest BCUT2D eigenvalue weighted by Gasteiger charge is 2.27. The first kappa shape index (κ1) is 14.7. The predicted molar refractivity (Wildman–Crippen MR) is 82.7 cm³/mol. The van der Waals surface area contributed by atoms with Gasteiger partial charge in [-0.2, -0.15) is 0 Å². The lowest BCUT2D eigenvalue weighted by molar-refractivity contribution is -0.132. The lowest BCUT2D eigenvalue weighted by Gasteiger charge is -2.33. The molecule has 0 spiro atoms. The number of amides is 1. The highest BCUT2D eigenvalue weighted by atomic mass is 35.5. The maximum absolute atomic E-state index is 12.2. The average Bonchev–Trinajstić information content (AvgIpc) is 3.32. The SMILES string of the molecule is O=C(CNC1CC1)N1CCCC(Oc2ccccc2Cl)C1. The number of likely N-dealkylation sites (tertiary alicyclic amines) is 1. The molecule has 1 aromatic carbocycles. The zero-order valence-electron chi connectivity index (χ0n) is 12.1. The van der Waals surface area contributed by atoms with Crippen LogP contribution in [0.4, 0.5) is 0 Å². The van der Waals surface area contributed by atoms with Crippen LogP contribution in [-0.4, -0.2) is 42.6 Å². The zero-order valence-corrected chi connectivity index (χ0v) is 12.8. The standard InChI is InChI=1S/C16H21ClN2O2/c17-14-5-1-2-6-15(14)21-13-4-3-9-19(11-13)16(20)10-18-12-7-8-12/h1-2,5-6,12-13,18H,3-4,7-11H2. The largest absolute Gasteiger partial charge is 0.487 e. The smallest absolute Gasteiger partial charge is 0.236 e. The summed E-state index contributed by atoms with van der Waals surface area (Å²) < 4.78 is 5.96. The van der Waals surface area contributed by atoms with Crippen molar-refractivity contribution in [3.8, 4) is 5.75 Å². The molecule has 0 aromatic heterocycles. The first-order valence-electron chi connectivity index (χ1n) is 7.65. The molecule has 4 nitrogen and oxygen atoms in total. The first-order chi connectivity index (χ1) is 10.2. The summed E-state index contributed by atoms with van der Waals surface area (Å²) in [5.41, 5.74) is 0. The molecule has 1 heterocycles. The van der Waals surface area contributed by atoms with Crippen LogP contribution in [0.5, 0.6) is 5.75 Å². The minimum Gasteiger partial charge on any atom is -0.487 e. The van der Waals surface area contributed by atoms with Crippen LogP contribution in [-0.2, 0) is 4.79 Å². The zero-order chi connectivity index (χ0) is 14.7. The molecule has 1 amide bonds. The molecule has 1 N–H and O–H groups in total. The molecule has 5 heteroatoms. The van der Waals surface area contributed by atoms with Crippen molar-refractivity contribution in [2.45, 2.75) is 37.8 Å². The van der Waals surface area contributed by atoms with Crippen LogP contribution in [0.3, 0.4) is 0 Å². The van der Waals surface area contributed by atoms with Crippen LogP contribution in [0.25, 0.3) is 0 Å². The van der Waals surface area contributed by atoms with Gasteiger partial charge in [0.05, 0.1) is 18.1 Å². The van der Waals surface area contributed by atoms with E-state index in [1.54, 1.807) is 0 Å². The minimum absolute atomic E-state index is 0.0310. The van der Waals surface area contributed by atoms with E-state index in [1.807, 2.05) is 29.2 Å². The van der Waals surface area contributed by atoms with Crippen LogP contribution in [0, 0.1) is 0 Å². The minimum atomic E-state index is 0.0310. The van der Waals surface area contributed by atoms with E-state index in [9.17, 15) is 4.79 Å². The predicted octanol–water partition coefficient (Wildman–Crippen LogP) is 2.46. The number of hydrogen-bond donors (Lipinski definition) is 1. The Morgan fingerprint density at radius 3 is 2.90 bits per heavy atom. The summed E-state index contributed by atoms with van der Waals surface area (Å²) in [6, 6.07) is 8.05. The van der Waals surface area contributed by atoms with E-state index < -0.39 is 0 Å². The van der Waals surface area contributed by atoms with Crippen LogP contribution in [0.2, 0.25) is 5.02 Å². The number of nitrogens with zero attached hydrogens (tertiary/aromatic N) is 1. The molecule has 1 aliphatic heterocycles. The molecule has 1 aliphatic carbocycles. The Hall–Kier alpha value is -1.26. The molecule has 0 radical (unpaired) electrons. The third-order valence-corrected chi connectivity index (χ3v) is 4.29. The number of carbonyl (C=O) groups excluding carboxylic acids is 1. The number of hydrogen-bond acceptors (Lipinski definition) is 3. The van der Waals surface area contributed by atoms with Crippen LogP contribution >= 0.6 is 11.6 Å². The molecular weight excluding hydrogens is 288 g/mol. The summed E-state index contributed by atoms with van der Waals surface area (Å²) in [6.45, 7) is 1.92. The lowest BCUT2D eigenvalue weighted by atomic mass is 10.1. The van der Waals surface area contributed by atoms with Crippen molar-refractivity contribution < 1.29 is 9.53 Å². The van der Waals surface area contributed by atoms with Gasteiger partial charge in [-0.05, 0) is 37.8 Å². The molecule has 3 rings (SSSR count). The Morgan fingerprint density at radius 1 is 1.33 bits per heavy atom. The molecule has 21 heavy (non-hydrogen) atoms. The Kier molecular flexibility index (Phi) is 4.66. The lowest BCUT2D eigenvalue weighted by Crippen LogP contribution is -2.47. The Morgan fingerprint density at radius 2 is 2.14 bits per heavy atom. The maximum Gasteiger partial charge on any atom is 0.236 e. The number of ether oxygens (including phenoxy) is 1. The number of piperidine rings is 1. The Balaban J connectivity index is 1.52. The fraction of sp³-hybridized carbons (Fsp3) is 0.562. The van der Waals surface area contributed by atoms with Gasteiger partial charge < -0.3 is 15.0 Å². The quantitative estimate of drug-likeness (QED) is 0.908. The normalized spacial score (nSPS) is 22.1. The summed E-state index contributed by atoms with van der Waals surface area (Å²) in [5, 5.41) is 3.90. The van der Waals surface area contributed by atoms with E-state index in [1.165, 1.54) is 12.8 Å². The fourth-order valence-electron chi connectivity index (χ4n) is 2.61. The monoisotopic (exact) mass is 308 g/mol. The molecule has 1 unspecified atom stereocenters. The van der Waals surface area contributed by atoms with Crippen LogP contribution in [0.15, 0.2) is 24.3 Å². The number of para-hydroxylation sites is 1. The molecule has 1 atom stereocenters. The van der Waals surface area contributed by atoms with Gasteiger partial charge in [-0.3, -0.25) is 4.79 Å². The average molecular weight is 309 g/mol. The second kappa shape index (κ2) is 6.67. The highest BCUT2D eigenvalue weighted by Crippen LogP contribution is 2.26. The fourth-order valence-corrected chi connectivity index (χ4v) is 2.79. The topological polar surface area (TPSA) is 41.6 Å². The summed E-state index contributed by atoms with van der Waals surface area (Å²) in [6.07, 6.45) is 4.37. The van der Waals surface area contributed by atoms with Crippen molar-refractivity contribution in [2.75, 3.05) is 19.6 Å². The van der Waals surface area contributed by atoms with E-state index in [-0.39, 0.29) is 12.0 Å². The summed E-state index contributed by atoms with van der Waals surface area (Å²) in [7, 11) is 0. The summed E-state index contributed by atoms with van der Waals surface area (Å²) >= 11 is 6.12. The molecule has 1 aromatic rings. The highest BCUT2D eigenvalue weighted by molar-refractivity contribution is 6.32. The third kappa shape index (κ3) is 4.11. The summed E-state index contributed by atoms with van der Waals surface area (Å²) in [4.78, 5) is 14.1. The first-order valence-corrected chi connectivity index (χ1v) is 8.02. The number of carbonyl (C=O) groups is 1. The van der Waals surface area contributed by atoms with Gasteiger partial charge in [0.1, 0.15) is 11.9 Å². The van der Waals surface area contributed by atoms with Gasteiger partial charge in [0.25, 0.3) is 0 Å². The van der Waals surface area contributed by atoms with E-state index in [0.29, 0.717) is 29.9 Å². The molecule has 1 saturated heterocycles. The third-order valence-electron chi connectivity index (χ3n) is 3.98. The van der Waals surface area contributed by atoms with Crippen molar-refractivity contribution >= 4 is 17.5 Å². The van der Waals surface area contributed by atoms with E-state index in [2.05, 4.69) is 5.32 Å². The van der Waals surface area contributed by atoms with E-state index in [4.69, 9.17) is 16.3 Å². The van der Waals surface area contributed by atoms with Crippen molar-refractivity contribution in [3.63, 3.8) is 0 Å². The van der Waals surface area contributed by atoms with Gasteiger partial charge >= 0.3 is 0 Å². The van der Waals surface area contributed by atoms with Crippen molar-refractivity contribution in [2.24, 2.45) is 0 Å². The van der Waals surface area contributed by atoms with Gasteiger partial charge in [-0.15, -0.1) is 0 Å². The van der Waals surface area contributed by atoms with E-state index in [0.717, 1.165) is 19.4 Å². The van der Waals surface area contributed by atoms with Crippen LogP contribution < -0.4 is 10.1 Å². The number of benzene rings is 1. The second-order valence-corrected chi connectivity index (χ2v) is 6.21. The summed E-state index contributed by atoms with van der Waals surface area (Å²) in [5.74, 6) is 0.879. The molecule has 0 bridgehead atoms. The van der Waals surface area contributed by atoms with Gasteiger partial charge in [0.15, 0.2) is 0 Å². The molecule has 1 saturated carbocycles. The Labute approximate surface area is 130 Å². The number of halogens is 1. The van der Waals surface area contributed by atoms with Gasteiger partial charge in [0, 0.05) is 12.6 Å². The van der Waals surface area contributed by atoms with Crippen molar-refractivity contribution in [1.82, 2.24) is 10.2 Å². The molecule has 2 aliphatic rings. The molecule has 114 valence electrons. The van der Waals surface area contributed by atoms with Gasteiger partial charge in [-0.1, -0.05) is 23.7 Å². The van der Waals surface area contributed by atoms with Crippen molar-refractivity contribution in [1.29, 1.82) is 0 Å². The molecule has 2 fully saturated rings. The van der Waals surface area contributed by atoms with Gasteiger partial charge in [-0.25, -0.2) is 0 Å². The van der Waals surface area contributed by atoms with Gasteiger partial charge in [0.2, 0.25) is 5.91 Å². The Bertz CT molecular complexity index is 505. The number of nitrogens with one attached hydrogen (secondary N) is 1. The maximum atomic E-state index is 12.2. The van der Waals surface area contributed by atoms with E-state index >= 15 is 0 Å². The second-order valence-electron chi connectivity index (χ2n) is 5.81. The molecular formula is C16H21ClN2O2. The van der Waals surface area contributed by atoms with Crippen LogP contribution in [0.1, 0.15) is 25.7 Å². The van der Waals surface area contributed by atoms with Crippen molar-refractivity contribution in [3.05, 3.63) is 29.3 Å². The number of rotatable bonds is 5.